The van der Waals surface area contributed by atoms with E-state index in [1.165, 1.54) is 18.4 Å². The normalized spacial score (nSPS) is 26.3. The third-order valence-corrected chi connectivity index (χ3v) is 5.04. The summed E-state index contributed by atoms with van der Waals surface area (Å²) in [4.78, 5) is 4.78. The molecule has 2 aromatic rings. The van der Waals surface area contributed by atoms with E-state index >= 15 is 0 Å². The van der Waals surface area contributed by atoms with Crippen LogP contribution in [0.15, 0.2) is 24.3 Å². The maximum absolute atomic E-state index is 11.0. The fourth-order valence-electron chi connectivity index (χ4n) is 3.88. The van der Waals surface area contributed by atoms with E-state index in [1.54, 1.807) is 0 Å². The van der Waals surface area contributed by atoms with E-state index in [4.69, 9.17) is 4.98 Å². The lowest BCUT2D eigenvalue weighted by atomic mass is 9.75. The summed E-state index contributed by atoms with van der Waals surface area (Å²) in [7, 11) is 0. The second-order valence-electron chi connectivity index (χ2n) is 6.53. The fourth-order valence-corrected chi connectivity index (χ4v) is 3.88. The van der Waals surface area contributed by atoms with Gasteiger partial charge < -0.3 is 9.67 Å². The Kier molecular flexibility index (Phi) is 4.03. The molecule has 3 heteroatoms. The molecule has 114 valence electrons. The lowest BCUT2D eigenvalue weighted by Crippen LogP contribution is -2.38. The molecule has 0 bridgehead atoms. The van der Waals surface area contributed by atoms with E-state index in [-0.39, 0.29) is 0 Å². The van der Waals surface area contributed by atoms with Gasteiger partial charge >= 0.3 is 0 Å². The van der Waals surface area contributed by atoms with Gasteiger partial charge in [-0.2, -0.15) is 0 Å². The van der Waals surface area contributed by atoms with Gasteiger partial charge in [-0.15, -0.1) is 0 Å². The number of fused-ring (bicyclic) bond motifs is 1. The first-order valence-corrected chi connectivity index (χ1v) is 8.31. The Morgan fingerprint density at radius 3 is 2.90 bits per heavy atom. The van der Waals surface area contributed by atoms with E-state index in [0.717, 1.165) is 37.1 Å². The summed E-state index contributed by atoms with van der Waals surface area (Å²) in [6.45, 7) is 5.29. The zero-order chi connectivity index (χ0) is 14.9. The van der Waals surface area contributed by atoms with Crippen LogP contribution in [0.2, 0.25) is 0 Å². The molecule has 0 aliphatic heterocycles. The predicted octanol–water partition coefficient (Wildman–Crippen LogP) is 3.93. The van der Waals surface area contributed by atoms with E-state index in [9.17, 15) is 5.11 Å². The molecule has 3 rings (SSSR count). The first-order valence-electron chi connectivity index (χ1n) is 8.31. The second kappa shape index (κ2) is 5.80. The molecule has 1 aromatic carbocycles. The molecule has 2 unspecified atom stereocenters. The highest BCUT2D eigenvalue weighted by molar-refractivity contribution is 5.75. The van der Waals surface area contributed by atoms with Crippen molar-refractivity contribution in [3.05, 3.63) is 30.1 Å². The van der Waals surface area contributed by atoms with Gasteiger partial charge in [-0.25, -0.2) is 4.98 Å². The largest absolute Gasteiger partial charge is 0.389 e. The van der Waals surface area contributed by atoms with E-state index in [1.807, 2.05) is 6.07 Å². The Morgan fingerprint density at radius 2 is 2.14 bits per heavy atom. The maximum Gasteiger partial charge on any atom is 0.112 e. The molecular weight excluding hydrogens is 260 g/mol. The molecule has 1 aliphatic rings. The van der Waals surface area contributed by atoms with Crippen LogP contribution in [0.1, 0.15) is 51.8 Å². The van der Waals surface area contributed by atoms with Crippen molar-refractivity contribution in [3.63, 3.8) is 0 Å². The molecule has 1 heterocycles. The zero-order valence-corrected chi connectivity index (χ0v) is 13.2. The van der Waals surface area contributed by atoms with Crippen LogP contribution in [0.4, 0.5) is 0 Å². The third-order valence-electron chi connectivity index (χ3n) is 5.04. The molecule has 1 aliphatic carbocycles. The van der Waals surface area contributed by atoms with Crippen LogP contribution in [0, 0.1) is 5.92 Å². The summed E-state index contributed by atoms with van der Waals surface area (Å²) in [5.74, 6) is 1.71. The average molecular weight is 286 g/mol. The number of para-hydroxylation sites is 2. The van der Waals surface area contributed by atoms with Crippen LogP contribution < -0.4 is 0 Å². The number of rotatable bonds is 4. The lowest BCUT2D eigenvalue weighted by molar-refractivity contribution is -0.0182. The highest BCUT2D eigenvalue weighted by Crippen LogP contribution is 2.36. The molecule has 3 nitrogen and oxygen atoms in total. The van der Waals surface area contributed by atoms with Gasteiger partial charge in [0.05, 0.1) is 16.6 Å². The number of imidazole rings is 1. The van der Waals surface area contributed by atoms with Crippen LogP contribution >= 0.6 is 0 Å². The number of aryl methyl sites for hydroxylation is 1. The van der Waals surface area contributed by atoms with Gasteiger partial charge in [0, 0.05) is 13.0 Å². The van der Waals surface area contributed by atoms with Crippen LogP contribution in [0.3, 0.4) is 0 Å². The smallest absolute Gasteiger partial charge is 0.112 e. The number of aliphatic hydroxyl groups is 1. The van der Waals surface area contributed by atoms with Crippen molar-refractivity contribution < 1.29 is 5.11 Å². The van der Waals surface area contributed by atoms with Crippen molar-refractivity contribution >= 4 is 11.0 Å². The van der Waals surface area contributed by atoms with Crippen molar-refractivity contribution in [2.24, 2.45) is 5.92 Å². The molecular formula is C18H26N2O. The second-order valence-corrected chi connectivity index (χ2v) is 6.53. The Labute approximate surface area is 127 Å². The first kappa shape index (κ1) is 14.6. The van der Waals surface area contributed by atoms with Gasteiger partial charge in [0.25, 0.3) is 0 Å². The molecule has 1 fully saturated rings. The van der Waals surface area contributed by atoms with Gasteiger partial charge in [-0.1, -0.05) is 38.3 Å². The number of hydrogen-bond donors (Lipinski definition) is 1. The van der Waals surface area contributed by atoms with E-state index < -0.39 is 5.60 Å². The molecule has 1 N–H and O–H groups in total. The Hall–Kier alpha value is -1.35. The zero-order valence-electron chi connectivity index (χ0n) is 13.2. The Morgan fingerprint density at radius 1 is 1.33 bits per heavy atom. The number of benzene rings is 1. The molecule has 0 amide bonds. The summed E-state index contributed by atoms with van der Waals surface area (Å²) >= 11 is 0. The molecule has 1 saturated carbocycles. The van der Waals surface area contributed by atoms with E-state index in [2.05, 4.69) is 36.6 Å². The SMILES string of the molecule is CCC1CCCC(O)(Cc2nc3ccccc3n2CC)C1. The van der Waals surface area contributed by atoms with Crippen molar-refractivity contribution in [3.8, 4) is 0 Å². The highest BCUT2D eigenvalue weighted by Gasteiger charge is 2.35. The third kappa shape index (κ3) is 2.84. The summed E-state index contributed by atoms with van der Waals surface area (Å²) in [5.41, 5.74) is 1.66. The number of nitrogens with zero attached hydrogens (tertiary/aromatic N) is 2. The molecule has 2 atom stereocenters. The first-order chi connectivity index (χ1) is 10.1. The monoisotopic (exact) mass is 286 g/mol. The topological polar surface area (TPSA) is 38.1 Å². The summed E-state index contributed by atoms with van der Waals surface area (Å²) < 4.78 is 2.25. The van der Waals surface area contributed by atoms with Crippen molar-refractivity contribution in [2.75, 3.05) is 0 Å². The minimum atomic E-state index is -0.562. The highest BCUT2D eigenvalue weighted by atomic mass is 16.3. The van der Waals surface area contributed by atoms with E-state index in [0.29, 0.717) is 12.3 Å². The molecule has 0 saturated heterocycles. The van der Waals surface area contributed by atoms with Crippen molar-refractivity contribution in [2.45, 2.75) is 64.5 Å². The van der Waals surface area contributed by atoms with Crippen molar-refractivity contribution in [1.29, 1.82) is 0 Å². The van der Waals surface area contributed by atoms with Crippen LogP contribution in [-0.2, 0) is 13.0 Å². The number of hydrogen-bond acceptors (Lipinski definition) is 2. The molecule has 1 aromatic heterocycles. The lowest BCUT2D eigenvalue weighted by Gasteiger charge is -2.36. The van der Waals surface area contributed by atoms with Gasteiger partial charge in [0.1, 0.15) is 5.82 Å². The fraction of sp³-hybridized carbons (Fsp3) is 0.611. The summed E-state index contributed by atoms with van der Waals surface area (Å²) in [6.07, 6.45) is 6.11. The summed E-state index contributed by atoms with van der Waals surface area (Å²) in [6, 6.07) is 8.27. The number of aromatic nitrogens is 2. The van der Waals surface area contributed by atoms with Gasteiger partial charge in [0.2, 0.25) is 0 Å². The Balaban J connectivity index is 1.90. The molecule has 0 radical (unpaired) electrons. The molecule has 0 spiro atoms. The predicted molar refractivity (Wildman–Crippen MR) is 86.3 cm³/mol. The minimum absolute atomic E-state index is 0.562. The quantitative estimate of drug-likeness (QED) is 0.924. The van der Waals surface area contributed by atoms with Gasteiger partial charge in [-0.05, 0) is 37.8 Å². The van der Waals surface area contributed by atoms with Crippen LogP contribution in [0.25, 0.3) is 11.0 Å². The Bertz CT molecular complexity index is 619. The van der Waals surface area contributed by atoms with Gasteiger partial charge in [-0.3, -0.25) is 0 Å². The van der Waals surface area contributed by atoms with Crippen LogP contribution in [0.5, 0.6) is 0 Å². The van der Waals surface area contributed by atoms with Gasteiger partial charge in [0.15, 0.2) is 0 Å². The average Bonchev–Trinajstić information content (AvgIpc) is 2.83. The molecule has 21 heavy (non-hydrogen) atoms. The summed E-state index contributed by atoms with van der Waals surface area (Å²) in [5, 5.41) is 11.0. The standard InChI is InChI=1S/C18H26N2O/c1-3-14-8-7-11-18(21,12-14)13-17-19-15-9-5-6-10-16(15)20(17)4-2/h5-6,9-10,14,21H,3-4,7-8,11-13H2,1-2H3. The minimum Gasteiger partial charge on any atom is -0.389 e. The van der Waals surface area contributed by atoms with Crippen LogP contribution in [-0.4, -0.2) is 20.3 Å². The maximum atomic E-state index is 11.0. The van der Waals surface area contributed by atoms with Crippen molar-refractivity contribution in [1.82, 2.24) is 9.55 Å².